The molecule has 24 heavy (non-hydrogen) atoms. The summed E-state index contributed by atoms with van der Waals surface area (Å²) in [4.78, 5) is 23.4. The van der Waals surface area contributed by atoms with Gasteiger partial charge in [-0.15, -0.1) is 0 Å². The monoisotopic (exact) mass is 387 g/mol. The summed E-state index contributed by atoms with van der Waals surface area (Å²) < 4.78 is 11.5. The second-order valence-electron chi connectivity index (χ2n) is 5.25. The van der Waals surface area contributed by atoms with E-state index >= 15 is 0 Å². The quantitative estimate of drug-likeness (QED) is 0.689. The smallest absolute Gasteiger partial charge is 0.336 e. The lowest BCUT2D eigenvalue weighted by molar-refractivity contribution is -0.118. The van der Waals surface area contributed by atoms with Crippen molar-refractivity contribution in [2.24, 2.45) is 0 Å². The minimum absolute atomic E-state index is 0.145. The first-order valence-corrected chi connectivity index (χ1v) is 8.03. The molecular weight excluding hydrogens is 374 g/mol. The maximum Gasteiger partial charge on any atom is 0.336 e. The molecule has 0 aliphatic carbocycles. The zero-order valence-corrected chi connectivity index (χ0v) is 14.4. The van der Waals surface area contributed by atoms with Gasteiger partial charge in [-0.05, 0) is 42.8 Å². The Morgan fingerprint density at radius 2 is 2.04 bits per heavy atom. The standard InChI is InChI=1S/C18H14BrNO4/c1-11-7-18(22)24-16-9-14(5-6-15(11)16)23-10-17(21)20-13-4-2-3-12(19)8-13/h2-9H,10H2,1H3,(H,20,21). The van der Waals surface area contributed by atoms with Crippen molar-refractivity contribution in [1.29, 1.82) is 0 Å². The highest BCUT2D eigenvalue weighted by Gasteiger charge is 2.07. The number of ether oxygens (including phenoxy) is 1. The molecule has 0 spiro atoms. The summed E-state index contributed by atoms with van der Waals surface area (Å²) in [6, 6.07) is 13.9. The van der Waals surface area contributed by atoms with Crippen molar-refractivity contribution in [3.8, 4) is 5.75 Å². The van der Waals surface area contributed by atoms with Gasteiger partial charge in [0.05, 0.1) is 0 Å². The van der Waals surface area contributed by atoms with Crippen molar-refractivity contribution >= 4 is 38.5 Å². The molecule has 6 heteroatoms. The first-order chi connectivity index (χ1) is 11.5. The summed E-state index contributed by atoms with van der Waals surface area (Å²) in [5, 5.41) is 3.57. The Morgan fingerprint density at radius 3 is 2.83 bits per heavy atom. The van der Waals surface area contributed by atoms with Gasteiger partial charge in [-0.1, -0.05) is 22.0 Å². The summed E-state index contributed by atoms with van der Waals surface area (Å²) in [5.41, 5.74) is 1.53. The SMILES string of the molecule is Cc1cc(=O)oc2cc(OCC(=O)Nc3cccc(Br)c3)ccc12. The van der Waals surface area contributed by atoms with Crippen molar-refractivity contribution < 1.29 is 13.9 Å². The van der Waals surface area contributed by atoms with Crippen LogP contribution in [-0.4, -0.2) is 12.5 Å². The Kier molecular flexibility index (Phi) is 4.66. The molecule has 0 fully saturated rings. The fraction of sp³-hybridized carbons (Fsp3) is 0.111. The molecule has 2 aromatic carbocycles. The van der Waals surface area contributed by atoms with E-state index in [0.717, 1.165) is 15.4 Å². The molecule has 0 radical (unpaired) electrons. The van der Waals surface area contributed by atoms with Crippen molar-refractivity contribution in [1.82, 2.24) is 0 Å². The molecule has 1 heterocycles. The van der Waals surface area contributed by atoms with Gasteiger partial charge in [-0.3, -0.25) is 4.79 Å². The first-order valence-electron chi connectivity index (χ1n) is 7.24. The number of benzene rings is 2. The Labute approximate surface area is 146 Å². The van der Waals surface area contributed by atoms with Gasteiger partial charge in [-0.25, -0.2) is 4.79 Å². The maximum absolute atomic E-state index is 11.9. The van der Waals surface area contributed by atoms with Crippen molar-refractivity contribution in [2.75, 3.05) is 11.9 Å². The normalized spacial score (nSPS) is 10.6. The third-order valence-corrected chi connectivity index (χ3v) is 3.89. The fourth-order valence-electron chi connectivity index (χ4n) is 2.31. The Bertz CT molecular complexity index is 965. The molecule has 0 saturated carbocycles. The third-order valence-electron chi connectivity index (χ3n) is 3.40. The van der Waals surface area contributed by atoms with E-state index in [1.165, 1.54) is 6.07 Å². The molecule has 1 amide bonds. The van der Waals surface area contributed by atoms with Gasteiger partial charge in [0.2, 0.25) is 0 Å². The minimum atomic E-state index is -0.412. The van der Waals surface area contributed by atoms with Gasteiger partial charge < -0.3 is 14.5 Å². The van der Waals surface area contributed by atoms with Crippen LogP contribution in [0.4, 0.5) is 5.69 Å². The van der Waals surface area contributed by atoms with E-state index in [1.807, 2.05) is 19.1 Å². The van der Waals surface area contributed by atoms with Crippen LogP contribution in [0.25, 0.3) is 11.0 Å². The molecule has 0 aliphatic rings. The van der Waals surface area contributed by atoms with Crippen LogP contribution in [0.15, 0.2) is 62.2 Å². The fourth-order valence-corrected chi connectivity index (χ4v) is 2.71. The third kappa shape index (κ3) is 3.83. The van der Waals surface area contributed by atoms with Gasteiger partial charge in [0.25, 0.3) is 5.91 Å². The summed E-state index contributed by atoms with van der Waals surface area (Å²) in [6.07, 6.45) is 0. The van der Waals surface area contributed by atoms with E-state index < -0.39 is 5.63 Å². The highest BCUT2D eigenvalue weighted by molar-refractivity contribution is 9.10. The number of rotatable bonds is 4. The van der Waals surface area contributed by atoms with E-state index in [0.29, 0.717) is 17.0 Å². The minimum Gasteiger partial charge on any atom is -0.484 e. The molecule has 3 aromatic rings. The van der Waals surface area contributed by atoms with Crippen LogP contribution in [-0.2, 0) is 4.79 Å². The second-order valence-corrected chi connectivity index (χ2v) is 6.17. The predicted molar refractivity (Wildman–Crippen MR) is 95.5 cm³/mol. The van der Waals surface area contributed by atoms with Crippen LogP contribution >= 0.6 is 15.9 Å². The molecule has 0 bridgehead atoms. The molecule has 0 atom stereocenters. The lowest BCUT2D eigenvalue weighted by Crippen LogP contribution is -2.20. The zero-order valence-electron chi connectivity index (χ0n) is 12.8. The molecule has 1 N–H and O–H groups in total. The van der Waals surface area contributed by atoms with Gasteiger partial charge in [0.1, 0.15) is 11.3 Å². The Hall–Kier alpha value is -2.60. The number of fused-ring (bicyclic) bond motifs is 1. The number of anilines is 1. The topological polar surface area (TPSA) is 68.5 Å². The number of carbonyl (C=O) groups excluding carboxylic acids is 1. The van der Waals surface area contributed by atoms with E-state index in [1.54, 1.807) is 30.3 Å². The Balaban J connectivity index is 1.69. The Morgan fingerprint density at radius 1 is 1.21 bits per heavy atom. The van der Waals surface area contributed by atoms with Crippen LogP contribution in [0.3, 0.4) is 0 Å². The number of amides is 1. The maximum atomic E-state index is 11.9. The number of hydrogen-bond donors (Lipinski definition) is 1. The van der Waals surface area contributed by atoms with Crippen molar-refractivity contribution in [3.63, 3.8) is 0 Å². The highest BCUT2D eigenvalue weighted by atomic mass is 79.9. The molecule has 5 nitrogen and oxygen atoms in total. The van der Waals surface area contributed by atoms with E-state index in [-0.39, 0.29) is 12.5 Å². The molecule has 0 aliphatic heterocycles. The lowest BCUT2D eigenvalue weighted by atomic mass is 10.1. The largest absolute Gasteiger partial charge is 0.484 e. The van der Waals surface area contributed by atoms with Gasteiger partial charge >= 0.3 is 5.63 Å². The van der Waals surface area contributed by atoms with Gasteiger partial charge in [0, 0.05) is 27.7 Å². The van der Waals surface area contributed by atoms with Gasteiger partial charge in [-0.2, -0.15) is 0 Å². The second kappa shape index (κ2) is 6.88. The highest BCUT2D eigenvalue weighted by Crippen LogP contribution is 2.22. The summed E-state index contributed by atoms with van der Waals surface area (Å²) in [7, 11) is 0. The molecular formula is C18H14BrNO4. The molecule has 3 rings (SSSR count). The van der Waals surface area contributed by atoms with E-state index in [9.17, 15) is 9.59 Å². The summed E-state index contributed by atoms with van der Waals surface area (Å²) >= 11 is 3.34. The molecule has 0 saturated heterocycles. The van der Waals surface area contributed by atoms with Crippen LogP contribution < -0.4 is 15.7 Å². The average molecular weight is 388 g/mol. The van der Waals surface area contributed by atoms with Crippen LogP contribution in [0, 0.1) is 6.92 Å². The number of aryl methyl sites for hydroxylation is 1. The predicted octanol–water partition coefficient (Wildman–Crippen LogP) is 3.88. The number of nitrogens with one attached hydrogen (secondary N) is 1. The lowest BCUT2D eigenvalue weighted by Gasteiger charge is -2.08. The van der Waals surface area contributed by atoms with Crippen LogP contribution in [0.5, 0.6) is 5.75 Å². The van der Waals surface area contributed by atoms with Crippen molar-refractivity contribution in [2.45, 2.75) is 6.92 Å². The number of halogens is 1. The first kappa shape index (κ1) is 16.3. The van der Waals surface area contributed by atoms with Crippen LogP contribution in [0.2, 0.25) is 0 Å². The molecule has 1 aromatic heterocycles. The van der Waals surface area contributed by atoms with Gasteiger partial charge in [0.15, 0.2) is 6.61 Å². The molecule has 122 valence electrons. The van der Waals surface area contributed by atoms with E-state index in [2.05, 4.69) is 21.2 Å². The van der Waals surface area contributed by atoms with Crippen LogP contribution in [0.1, 0.15) is 5.56 Å². The van der Waals surface area contributed by atoms with Crippen molar-refractivity contribution in [3.05, 3.63) is 69.0 Å². The number of carbonyl (C=O) groups is 1. The average Bonchev–Trinajstić information content (AvgIpc) is 2.52. The summed E-state index contributed by atoms with van der Waals surface area (Å²) in [5.74, 6) is 0.180. The zero-order chi connectivity index (χ0) is 17.1. The van der Waals surface area contributed by atoms with E-state index in [4.69, 9.17) is 9.15 Å². The number of hydrogen-bond acceptors (Lipinski definition) is 4. The summed E-state index contributed by atoms with van der Waals surface area (Å²) in [6.45, 7) is 1.69. The molecule has 0 unspecified atom stereocenters.